The summed E-state index contributed by atoms with van der Waals surface area (Å²) in [5.74, 6) is 1.75. The molecular weight excluding hydrogens is 316 g/mol. The average Bonchev–Trinajstić information content (AvgIpc) is 2.92. The molecule has 0 aliphatic heterocycles. The zero-order valence-corrected chi connectivity index (χ0v) is 15.6. The van der Waals surface area contributed by atoms with Crippen molar-refractivity contribution in [2.24, 2.45) is 12.2 Å². The normalized spacial score (nSPS) is 11.4. The van der Waals surface area contributed by atoms with Gasteiger partial charge in [0.2, 0.25) is 0 Å². The van der Waals surface area contributed by atoms with Crippen LogP contribution in [0.2, 0.25) is 0 Å². The van der Waals surface area contributed by atoms with Gasteiger partial charge in [-0.05, 0) is 56.2 Å². The molecule has 0 fully saturated rings. The molecule has 1 aromatic heterocycles. The van der Waals surface area contributed by atoms with E-state index >= 15 is 0 Å². The predicted molar refractivity (Wildman–Crippen MR) is 101 cm³/mol. The van der Waals surface area contributed by atoms with Crippen molar-refractivity contribution in [3.8, 4) is 11.5 Å². The van der Waals surface area contributed by atoms with E-state index in [4.69, 9.17) is 14.3 Å². The summed E-state index contributed by atoms with van der Waals surface area (Å²) in [6.45, 7) is 7.11. The lowest BCUT2D eigenvalue weighted by Crippen LogP contribution is -2.06. The molecule has 0 atom stereocenters. The Morgan fingerprint density at radius 3 is 2.48 bits per heavy atom. The summed E-state index contributed by atoms with van der Waals surface area (Å²) in [5, 5.41) is 3.80. The number of hydrogen-bond acceptors (Lipinski definition) is 4. The molecule has 0 radical (unpaired) electrons. The van der Waals surface area contributed by atoms with Gasteiger partial charge in [0.15, 0.2) is 0 Å². The Balaban J connectivity index is 2.08. The third-order valence-corrected chi connectivity index (χ3v) is 3.94. The zero-order valence-electron chi connectivity index (χ0n) is 15.6. The second kappa shape index (κ2) is 8.97. The number of benzene rings is 1. The van der Waals surface area contributed by atoms with Gasteiger partial charge in [0.1, 0.15) is 31.8 Å². The average molecular weight is 342 g/mol. The molecular formula is C20H26N2O3. The molecule has 5 heteroatoms. The zero-order chi connectivity index (χ0) is 18.2. The van der Waals surface area contributed by atoms with Crippen LogP contribution in [-0.2, 0) is 18.5 Å². The molecule has 1 heterocycles. The fourth-order valence-corrected chi connectivity index (χ4v) is 2.56. The molecule has 0 amide bonds. The van der Waals surface area contributed by atoms with E-state index in [1.54, 1.807) is 6.21 Å². The first-order valence-corrected chi connectivity index (χ1v) is 8.26. The highest BCUT2D eigenvalue weighted by Crippen LogP contribution is 2.29. The minimum atomic E-state index is 0.484. The van der Waals surface area contributed by atoms with Crippen molar-refractivity contribution in [1.82, 2.24) is 4.57 Å². The Morgan fingerprint density at radius 1 is 1.12 bits per heavy atom. The lowest BCUT2D eigenvalue weighted by molar-refractivity contribution is 0.215. The molecule has 2 aromatic rings. The van der Waals surface area contributed by atoms with Crippen LogP contribution in [0.15, 0.2) is 41.6 Å². The summed E-state index contributed by atoms with van der Waals surface area (Å²) in [4.78, 5) is 4.73. The van der Waals surface area contributed by atoms with E-state index in [0.717, 1.165) is 34.0 Å². The number of aryl methyl sites for hydroxylation is 2. The molecule has 134 valence electrons. The quantitative estimate of drug-likeness (QED) is 0.411. The van der Waals surface area contributed by atoms with Gasteiger partial charge >= 0.3 is 0 Å². The lowest BCUT2D eigenvalue weighted by Gasteiger charge is -2.15. The Labute approximate surface area is 149 Å². The van der Waals surface area contributed by atoms with Crippen LogP contribution in [0.4, 0.5) is 0 Å². The van der Waals surface area contributed by atoms with Crippen molar-refractivity contribution < 1.29 is 14.3 Å². The number of rotatable bonds is 8. The van der Waals surface area contributed by atoms with E-state index < -0.39 is 0 Å². The molecule has 1 aromatic carbocycles. The molecule has 0 aliphatic carbocycles. The van der Waals surface area contributed by atoms with Crippen molar-refractivity contribution in [1.29, 1.82) is 0 Å². The minimum Gasteiger partial charge on any atom is -0.490 e. The number of allylic oxidation sites excluding steroid dienone is 1. The standard InChI is InChI=1S/C20H26N2O3/c1-6-7-10-24-19-11-15(2)20(16(3)12-19)25-14-18-9-8-17(22(18)4)13-21-23-5/h6-9,11-13H,10,14H2,1-5H3/b7-6+,21-13-. The number of oxime groups is 1. The highest BCUT2D eigenvalue weighted by atomic mass is 16.6. The smallest absolute Gasteiger partial charge is 0.128 e. The Morgan fingerprint density at radius 2 is 1.84 bits per heavy atom. The van der Waals surface area contributed by atoms with Crippen molar-refractivity contribution in [2.75, 3.05) is 13.7 Å². The van der Waals surface area contributed by atoms with Gasteiger partial charge < -0.3 is 18.9 Å². The first-order valence-electron chi connectivity index (χ1n) is 8.26. The van der Waals surface area contributed by atoms with E-state index in [1.165, 1.54) is 7.11 Å². The highest BCUT2D eigenvalue weighted by Gasteiger charge is 2.10. The van der Waals surface area contributed by atoms with Crippen LogP contribution in [0.25, 0.3) is 0 Å². The van der Waals surface area contributed by atoms with E-state index in [2.05, 4.69) is 5.16 Å². The maximum atomic E-state index is 6.07. The molecule has 0 unspecified atom stereocenters. The lowest BCUT2D eigenvalue weighted by atomic mass is 10.1. The summed E-state index contributed by atoms with van der Waals surface area (Å²) in [7, 11) is 3.51. The van der Waals surface area contributed by atoms with E-state index in [0.29, 0.717) is 13.2 Å². The van der Waals surface area contributed by atoms with Gasteiger partial charge in [-0.15, -0.1) is 0 Å². The molecule has 0 saturated heterocycles. The molecule has 25 heavy (non-hydrogen) atoms. The van der Waals surface area contributed by atoms with Crippen molar-refractivity contribution in [3.05, 3.63) is 58.9 Å². The number of hydrogen-bond donors (Lipinski definition) is 0. The number of aromatic nitrogens is 1. The van der Waals surface area contributed by atoms with Gasteiger partial charge in [-0.25, -0.2) is 0 Å². The molecule has 0 spiro atoms. The SMILES string of the molecule is C/C=C/COc1cc(C)c(OCc2ccc(/C=N\OC)n2C)c(C)c1. The van der Waals surface area contributed by atoms with Crippen molar-refractivity contribution in [2.45, 2.75) is 27.4 Å². The fourth-order valence-electron chi connectivity index (χ4n) is 2.56. The summed E-state index contributed by atoms with van der Waals surface area (Å²) in [6.07, 6.45) is 5.63. The Hall–Kier alpha value is -2.69. The van der Waals surface area contributed by atoms with Gasteiger partial charge in [0, 0.05) is 7.05 Å². The number of nitrogens with zero attached hydrogens (tertiary/aromatic N) is 2. The van der Waals surface area contributed by atoms with Crippen LogP contribution >= 0.6 is 0 Å². The van der Waals surface area contributed by atoms with Gasteiger partial charge in [-0.3, -0.25) is 0 Å². The van der Waals surface area contributed by atoms with Gasteiger partial charge in [0.05, 0.1) is 17.6 Å². The molecule has 2 rings (SSSR count). The Kier molecular flexibility index (Phi) is 6.69. The molecule has 0 bridgehead atoms. The van der Waals surface area contributed by atoms with Gasteiger partial charge in [-0.2, -0.15) is 0 Å². The van der Waals surface area contributed by atoms with Crippen LogP contribution in [0.5, 0.6) is 11.5 Å². The van der Waals surface area contributed by atoms with Crippen molar-refractivity contribution in [3.63, 3.8) is 0 Å². The maximum Gasteiger partial charge on any atom is 0.128 e. The molecule has 0 aliphatic rings. The summed E-state index contributed by atoms with van der Waals surface area (Å²) >= 11 is 0. The first kappa shape index (κ1) is 18.6. The highest BCUT2D eigenvalue weighted by molar-refractivity contribution is 5.77. The maximum absolute atomic E-state index is 6.07. The minimum absolute atomic E-state index is 0.484. The summed E-state index contributed by atoms with van der Waals surface area (Å²) in [5.41, 5.74) is 4.14. The summed E-state index contributed by atoms with van der Waals surface area (Å²) in [6, 6.07) is 8.02. The van der Waals surface area contributed by atoms with E-state index in [1.807, 2.05) is 68.8 Å². The molecule has 0 N–H and O–H groups in total. The fraction of sp³-hybridized carbons (Fsp3) is 0.350. The molecule has 0 saturated carbocycles. The van der Waals surface area contributed by atoms with Crippen LogP contribution < -0.4 is 9.47 Å². The molecule has 5 nitrogen and oxygen atoms in total. The second-order valence-electron chi connectivity index (χ2n) is 5.78. The third-order valence-electron chi connectivity index (χ3n) is 3.94. The third kappa shape index (κ3) is 4.89. The predicted octanol–water partition coefficient (Wildman–Crippen LogP) is 4.16. The van der Waals surface area contributed by atoms with Crippen LogP contribution in [0.1, 0.15) is 29.4 Å². The van der Waals surface area contributed by atoms with Gasteiger partial charge in [0.25, 0.3) is 0 Å². The summed E-state index contributed by atoms with van der Waals surface area (Å²) < 4.78 is 13.8. The van der Waals surface area contributed by atoms with Crippen LogP contribution in [0.3, 0.4) is 0 Å². The second-order valence-corrected chi connectivity index (χ2v) is 5.78. The monoisotopic (exact) mass is 342 g/mol. The number of ether oxygens (including phenoxy) is 2. The topological polar surface area (TPSA) is 45.0 Å². The van der Waals surface area contributed by atoms with E-state index in [9.17, 15) is 0 Å². The van der Waals surface area contributed by atoms with Crippen LogP contribution in [0, 0.1) is 13.8 Å². The van der Waals surface area contributed by atoms with Crippen molar-refractivity contribution >= 4 is 6.21 Å². The van der Waals surface area contributed by atoms with E-state index in [-0.39, 0.29) is 0 Å². The Bertz CT molecular complexity index is 737. The largest absolute Gasteiger partial charge is 0.490 e. The first-order chi connectivity index (χ1) is 12.1. The van der Waals surface area contributed by atoms with Gasteiger partial charge in [-0.1, -0.05) is 17.3 Å². The van der Waals surface area contributed by atoms with Crippen LogP contribution in [-0.4, -0.2) is 24.5 Å².